The van der Waals surface area contributed by atoms with Crippen LogP contribution in [-0.4, -0.2) is 57.3 Å². The van der Waals surface area contributed by atoms with Crippen molar-refractivity contribution in [2.24, 2.45) is 0 Å². The second-order valence-corrected chi connectivity index (χ2v) is 20.0. The van der Waals surface area contributed by atoms with E-state index in [0.29, 0.717) is 19.3 Å². The summed E-state index contributed by atoms with van der Waals surface area (Å²) in [6.45, 7) is 4.07. The number of rotatable bonds is 53. The molecule has 6 heteroatoms. The van der Waals surface area contributed by atoms with Gasteiger partial charge in [0.2, 0.25) is 5.91 Å². The van der Waals surface area contributed by atoms with E-state index in [9.17, 15) is 25.2 Å². The van der Waals surface area contributed by atoms with Crippen LogP contribution in [0.25, 0.3) is 0 Å². The Bertz CT molecular complexity index is 970. The van der Waals surface area contributed by atoms with Crippen LogP contribution in [0.2, 0.25) is 0 Å². The minimum absolute atomic E-state index is 0.365. The van der Waals surface area contributed by atoms with Gasteiger partial charge in [0.15, 0.2) is 0 Å². The predicted molar refractivity (Wildman–Crippen MR) is 279 cm³/mol. The van der Waals surface area contributed by atoms with E-state index >= 15 is 0 Å². The van der Waals surface area contributed by atoms with Gasteiger partial charge in [-0.05, 0) is 51.4 Å². The molecule has 0 saturated carbocycles. The monoisotopic (exact) mass is 904 g/mol. The number of hydrogen-bond donors (Lipinski definition) is 5. The zero-order valence-electron chi connectivity index (χ0n) is 43.0. The molecule has 4 atom stereocenters. The molecular weight excluding hydrogens is 791 g/mol. The molecule has 0 aliphatic rings. The second kappa shape index (κ2) is 52.8. The Hall–Kier alpha value is -1.21. The van der Waals surface area contributed by atoms with Crippen molar-refractivity contribution in [1.29, 1.82) is 0 Å². The van der Waals surface area contributed by atoms with Gasteiger partial charge in [-0.3, -0.25) is 4.79 Å². The van der Waals surface area contributed by atoms with Gasteiger partial charge < -0.3 is 25.7 Å². The molecule has 64 heavy (non-hydrogen) atoms. The van der Waals surface area contributed by atoms with Gasteiger partial charge in [0.25, 0.3) is 0 Å². The molecule has 0 aromatic carbocycles. The minimum Gasteiger partial charge on any atom is -0.394 e. The van der Waals surface area contributed by atoms with E-state index in [-0.39, 0.29) is 0 Å². The van der Waals surface area contributed by atoms with Crippen LogP contribution in [0.1, 0.15) is 309 Å². The van der Waals surface area contributed by atoms with Crippen molar-refractivity contribution in [2.75, 3.05) is 6.61 Å². The Morgan fingerprint density at radius 2 is 0.656 bits per heavy atom. The third-order valence-electron chi connectivity index (χ3n) is 13.6. The quantitative estimate of drug-likeness (QED) is 0.0308. The van der Waals surface area contributed by atoms with Crippen LogP contribution in [-0.2, 0) is 4.79 Å². The standard InChI is InChI=1S/C58H113NO5/c1-3-5-7-9-11-13-15-17-19-21-23-25-26-27-28-29-30-31-32-34-36-38-40-42-44-46-48-50-52-56(62)58(64)59-54(53-60)57(63)55(61)51-49-47-45-43-41-39-37-35-33-24-22-20-18-16-14-12-10-8-6-4-2/h35,37,43,45,54-57,60-63H,3-34,36,38-42,44,46-53H2,1-2H3,(H,59,64)/b37-35+,45-43+. The van der Waals surface area contributed by atoms with E-state index < -0.39 is 36.9 Å². The van der Waals surface area contributed by atoms with Gasteiger partial charge in [0.1, 0.15) is 12.2 Å². The van der Waals surface area contributed by atoms with Crippen molar-refractivity contribution in [3.05, 3.63) is 24.3 Å². The molecule has 0 aliphatic carbocycles. The van der Waals surface area contributed by atoms with Crippen LogP contribution in [0.5, 0.6) is 0 Å². The third-order valence-corrected chi connectivity index (χ3v) is 13.6. The summed E-state index contributed by atoms with van der Waals surface area (Å²) in [6, 6.07) is -1.01. The molecule has 0 fully saturated rings. The highest BCUT2D eigenvalue weighted by molar-refractivity contribution is 5.80. The molecule has 0 bridgehead atoms. The number of carbonyl (C=O) groups excluding carboxylic acids is 1. The van der Waals surface area contributed by atoms with E-state index in [2.05, 4.69) is 43.5 Å². The van der Waals surface area contributed by atoms with Crippen molar-refractivity contribution >= 4 is 5.91 Å². The second-order valence-electron chi connectivity index (χ2n) is 20.0. The van der Waals surface area contributed by atoms with Gasteiger partial charge in [-0.25, -0.2) is 0 Å². The summed E-state index contributed by atoms with van der Waals surface area (Å²) in [5.74, 6) is -0.592. The lowest BCUT2D eigenvalue weighted by molar-refractivity contribution is -0.132. The van der Waals surface area contributed by atoms with Crippen molar-refractivity contribution in [3.8, 4) is 0 Å². The third kappa shape index (κ3) is 45.9. The normalized spacial score (nSPS) is 13.9. The summed E-state index contributed by atoms with van der Waals surface area (Å²) >= 11 is 0. The van der Waals surface area contributed by atoms with Gasteiger partial charge in [-0.15, -0.1) is 0 Å². The number of aliphatic hydroxyl groups is 4. The molecule has 4 unspecified atom stereocenters. The SMILES string of the molecule is CCCCCCCCCCCCC/C=C/CC/C=C/CCCC(O)C(O)C(CO)NC(=O)C(O)CCCCCCCCCCCCCCCCCCCCCCCCCCCCCC. The molecule has 0 radical (unpaired) electrons. The fourth-order valence-electron chi connectivity index (χ4n) is 9.13. The zero-order chi connectivity index (χ0) is 46.7. The molecular formula is C58H113NO5. The summed E-state index contributed by atoms with van der Waals surface area (Å²) in [4.78, 5) is 12.6. The van der Waals surface area contributed by atoms with E-state index in [4.69, 9.17) is 0 Å². The molecule has 6 nitrogen and oxygen atoms in total. The lowest BCUT2D eigenvalue weighted by Gasteiger charge is -2.27. The first kappa shape index (κ1) is 62.8. The van der Waals surface area contributed by atoms with E-state index in [1.54, 1.807) is 0 Å². The number of unbranched alkanes of at least 4 members (excludes halogenated alkanes) is 40. The highest BCUT2D eigenvalue weighted by atomic mass is 16.3. The molecule has 0 saturated heterocycles. The number of nitrogens with one attached hydrogen (secondary N) is 1. The van der Waals surface area contributed by atoms with Crippen LogP contribution in [0, 0.1) is 0 Å². The number of hydrogen-bond acceptors (Lipinski definition) is 5. The van der Waals surface area contributed by atoms with E-state index in [1.807, 2.05) is 0 Å². The van der Waals surface area contributed by atoms with Gasteiger partial charge in [0.05, 0.1) is 18.8 Å². The molecule has 0 rings (SSSR count). The van der Waals surface area contributed by atoms with Gasteiger partial charge in [0, 0.05) is 0 Å². The maximum Gasteiger partial charge on any atom is 0.249 e. The Labute approximate surface area is 399 Å². The first-order chi connectivity index (χ1) is 31.5. The van der Waals surface area contributed by atoms with Crippen molar-refractivity contribution in [2.45, 2.75) is 334 Å². The van der Waals surface area contributed by atoms with Crippen LogP contribution in [0.15, 0.2) is 24.3 Å². The summed E-state index contributed by atoms with van der Waals surface area (Å²) in [5.41, 5.74) is 0. The highest BCUT2D eigenvalue weighted by Gasteiger charge is 2.28. The number of amides is 1. The number of carbonyl (C=O) groups is 1. The Morgan fingerprint density at radius 1 is 0.375 bits per heavy atom. The summed E-state index contributed by atoms with van der Waals surface area (Å²) < 4.78 is 0. The average molecular weight is 905 g/mol. The van der Waals surface area contributed by atoms with Gasteiger partial charge in [-0.2, -0.15) is 0 Å². The largest absolute Gasteiger partial charge is 0.394 e. The van der Waals surface area contributed by atoms with Crippen molar-refractivity contribution < 1.29 is 25.2 Å². The Kier molecular flexibility index (Phi) is 51.8. The van der Waals surface area contributed by atoms with Gasteiger partial charge in [-0.1, -0.05) is 282 Å². The molecule has 0 aliphatic heterocycles. The van der Waals surface area contributed by atoms with Crippen LogP contribution in [0.4, 0.5) is 0 Å². The lowest BCUT2D eigenvalue weighted by Crippen LogP contribution is -2.53. The summed E-state index contributed by atoms with van der Waals surface area (Å²) in [5, 5.41) is 43.9. The maximum absolute atomic E-state index is 12.6. The van der Waals surface area contributed by atoms with E-state index in [1.165, 1.54) is 238 Å². The molecule has 0 heterocycles. The van der Waals surface area contributed by atoms with E-state index in [0.717, 1.165) is 38.5 Å². The van der Waals surface area contributed by atoms with Crippen molar-refractivity contribution in [1.82, 2.24) is 5.32 Å². The highest BCUT2D eigenvalue weighted by Crippen LogP contribution is 2.18. The summed E-state index contributed by atoms with van der Waals surface area (Å²) in [6.07, 6.45) is 64.0. The zero-order valence-corrected chi connectivity index (χ0v) is 43.0. The first-order valence-corrected chi connectivity index (χ1v) is 28.7. The Balaban J connectivity index is 3.63. The first-order valence-electron chi connectivity index (χ1n) is 28.7. The fourth-order valence-corrected chi connectivity index (χ4v) is 9.13. The van der Waals surface area contributed by atoms with Gasteiger partial charge >= 0.3 is 0 Å². The average Bonchev–Trinajstić information content (AvgIpc) is 3.30. The minimum atomic E-state index is -1.29. The maximum atomic E-state index is 12.6. The summed E-state index contributed by atoms with van der Waals surface area (Å²) in [7, 11) is 0. The predicted octanol–water partition coefficient (Wildman–Crippen LogP) is 16.6. The Morgan fingerprint density at radius 3 is 0.984 bits per heavy atom. The molecule has 5 N–H and O–H groups in total. The molecule has 1 amide bonds. The molecule has 0 spiro atoms. The van der Waals surface area contributed by atoms with Crippen LogP contribution >= 0.6 is 0 Å². The number of allylic oxidation sites excluding steroid dienone is 4. The van der Waals surface area contributed by atoms with Crippen LogP contribution in [0.3, 0.4) is 0 Å². The number of aliphatic hydroxyl groups excluding tert-OH is 4. The molecule has 0 aromatic rings. The van der Waals surface area contributed by atoms with Crippen molar-refractivity contribution in [3.63, 3.8) is 0 Å². The molecule has 0 aromatic heterocycles. The topological polar surface area (TPSA) is 110 Å². The fraction of sp³-hybridized carbons (Fsp3) is 0.914. The smallest absolute Gasteiger partial charge is 0.249 e. The lowest BCUT2D eigenvalue weighted by atomic mass is 10.00. The molecule has 380 valence electrons. The van der Waals surface area contributed by atoms with Crippen LogP contribution < -0.4 is 5.32 Å².